The Morgan fingerprint density at radius 3 is 2.62 bits per heavy atom. The van der Waals surface area contributed by atoms with E-state index in [-0.39, 0.29) is 6.10 Å². The Bertz CT molecular complexity index is 292. The summed E-state index contributed by atoms with van der Waals surface area (Å²) in [7, 11) is 0. The maximum Gasteiger partial charge on any atom is 0.0753 e. The maximum absolute atomic E-state index is 10.2. The predicted molar refractivity (Wildman–Crippen MR) is 68.2 cm³/mol. The lowest BCUT2D eigenvalue weighted by Crippen LogP contribution is -2.39. The molecule has 0 unspecified atom stereocenters. The fraction of sp³-hybridized carbons (Fsp3) is 0.867. The summed E-state index contributed by atoms with van der Waals surface area (Å²) >= 11 is 0. The molecular weight excluding hydrogens is 196 g/mol. The summed E-state index contributed by atoms with van der Waals surface area (Å²) in [5.41, 5.74) is 1.58. The summed E-state index contributed by atoms with van der Waals surface area (Å²) < 4.78 is 0. The lowest BCUT2D eigenvalue weighted by Gasteiger charge is -2.45. The molecule has 4 atom stereocenters. The molecule has 1 fully saturated rings. The first-order valence-electron chi connectivity index (χ1n) is 6.82. The minimum atomic E-state index is -0.185. The van der Waals surface area contributed by atoms with Gasteiger partial charge < -0.3 is 5.11 Å². The Kier molecular flexibility index (Phi) is 3.18. The van der Waals surface area contributed by atoms with E-state index in [1.165, 1.54) is 24.8 Å². The Morgan fingerprint density at radius 2 is 2.06 bits per heavy atom. The average Bonchev–Trinajstić information content (AvgIpc) is 2.51. The van der Waals surface area contributed by atoms with Gasteiger partial charge in [-0.05, 0) is 61.3 Å². The largest absolute Gasteiger partial charge is 0.389 e. The Hall–Kier alpha value is -0.300. The average molecular weight is 222 g/mol. The number of hydrogen-bond donors (Lipinski definition) is 1. The zero-order chi connectivity index (χ0) is 11.9. The second-order valence-corrected chi connectivity index (χ2v) is 6.43. The molecule has 1 nitrogen and oxygen atoms in total. The van der Waals surface area contributed by atoms with Crippen LogP contribution in [0.1, 0.15) is 53.4 Å². The van der Waals surface area contributed by atoms with Crippen LogP contribution in [-0.4, -0.2) is 11.2 Å². The van der Waals surface area contributed by atoms with Gasteiger partial charge in [-0.2, -0.15) is 0 Å². The van der Waals surface area contributed by atoms with E-state index in [0.717, 1.165) is 24.2 Å². The molecule has 0 radical (unpaired) electrons. The summed E-state index contributed by atoms with van der Waals surface area (Å²) in [5.74, 6) is 2.34. The molecule has 1 heteroatoms. The van der Waals surface area contributed by atoms with Gasteiger partial charge in [0.25, 0.3) is 0 Å². The van der Waals surface area contributed by atoms with Crippen molar-refractivity contribution in [2.24, 2.45) is 23.2 Å². The number of aliphatic hydroxyl groups is 1. The predicted octanol–water partition coefficient (Wildman–Crippen LogP) is 3.78. The van der Waals surface area contributed by atoms with Crippen LogP contribution in [0.25, 0.3) is 0 Å². The third-order valence-electron chi connectivity index (χ3n) is 5.34. The van der Waals surface area contributed by atoms with Crippen LogP contribution < -0.4 is 0 Å². The maximum atomic E-state index is 10.2. The van der Waals surface area contributed by atoms with Crippen LogP contribution in [0.4, 0.5) is 0 Å². The lowest BCUT2D eigenvalue weighted by atomic mass is 9.61. The molecular formula is C15H26O. The van der Waals surface area contributed by atoms with E-state index in [4.69, 9.17) is 0 Å². The fourth-order valence-electron chi connectivity index (χ4n) is 4.16. The minimum absolute atomic E-state index is 0.185. The van der Waals surface area contributed by atoms with Crippen LogP contribution in [-0.2, 0) is 0 Å². The molecule has 0 aromatic heterocycles. The van der Waals surface area contributed by atoms with Crippen LogP contribution in [0.2, 0.25) is 0 Å². The first kappa shape index (κ1) is 12.2. The van der Waals surface area contributed by atoms with Crippen LogP contribution in [0, 0.1) is 23.2 Å². The standard InChI is InChI=1S/C15H26O/c1-10(2)13-6-5-12(4)15(13)8-7-11(3)14(16)9-15/h7,10,12-14,16H,5-6,8-9H2,1-4H3/t12-,13-,14+,15+/m0/s1. The molecule has 0 saturated heterocycles. The van der Waals surface area contributed by atoms with Crippen LogP contribution in [0.5, 0.6) is 0 Å². The van der Waals surface area contributed by atoms with Gasteiger partial charge in [-0.15, -0.1) is 0 Å². The highest BCUT2D eigenvalue weighted by Gasteiger charge is 2.50. The molecule has 0 aromatic carbocycles. The number of hydrogen-bond acceptors (Lipinski definition) is 1. The smallest absolute Gasteiger partial charge is 0.0753 e. The van der Waals surface area contributed by atoms with Gasteiger partial charge in [0, 0.05) is 0 Å². The van der Waals surface area contributed by atoms with Gasteiger partial charge in [0.1, 0.15) is 0 Å². The highest BCUT2D eigenvalue weighted by atomic mass is 16.3. The molecule has 2 rings (SSSR count). The van der Waals surface area contributed by atoms with Crippen molar-refractivity contribution in [1.29, 1.82) is 0 Å². The molecule has 2 aliphatic carbocycles. The lowest BCUT2D eigenvalue weighted by molar-refractivity contribution is 0.0327. The summed E-state index contributed by atoms with van der Waals surface area (Å²) in [6, 6.07) is 0. The quantitative estimate of drug-likeness (QED) is 0.669. The molecule has 0 amide bonds. The summed E-state index contributed by atoms with van der Waals surface area (Å²) in [6.45, 7) is 9.16. The normalized spacial score (nSPS) is 44.1. The summed E-state index contributed by atoms with van der Waals surface area (Å²) in [4.78, 5) is 0. The molecule has 92 valence electrons. The summed E-state index contributed by atoms with van der Waals surface area (Å²) in [5, 5.41) is 10.2. The molecule has 0 heterocycles. The van der Waals surface area contributed by atoms with Crippen LogP contribution >= 0.6 is 0 Å². The molecule has 1 saturated carbocycles. The number of allylic oxidation sites excluding steroid dienone is 1. The Labute approximate surface area is 99.9 Å². The Morgan fingerprint density at radius 1 is 1.38 bits per heavy atom. The second kappa shape index (κ2) is 4.18. The van der Waals surface area contributed by atoms with E-state index in [9.17, 15) is 5.11 Å². The minimum Gasteiger partial charge on any atom is -0.389 e. The molecule has 1 spiro atoms. The van der Waals surface area contributed by atoms with Gasteiger partial charge in [-0.25, -0.2) is 0 Å². The zero-order valence-electron chi connectivity index (χ0n) is 11.2. The van der Waals surface area contributed by atoms with Crippen molar-refractivity contribution >= 4 is 0 Å². The summed E-state index contributed by atoms with van der Waals surface area (Å²) in [6.07, 6.45) is 7.02. The monoisotopic (exact) mass is 222 g/mol. The third-order valence-corrected chi connectivity index (χ3v) is 5.34. The second-order valence-electron chi connectivity index (χ2n) is 6.43. The van der Waals surface area contributed by atoms with Gasteiger partial charge in [0.2, 0.25) is 0 Å². The van der Waals surface area contributed by atoms with E-state index in [1.54, 1.807) is 0 Å². The van der Waals surface area contributed by atoms with Gasteiger partial charge >= 0.3 is 0 Å². The van der Waals surface area contributed by atoms with Crippen molar-refractivity contribution < 1.29 is 5.11 Å². The molecule has 0 bridgehead atoms. The van der Waals surface area contributed by atoms with Crippen LogP contribution in [0.15, 0.2) is 11.6 Å². The number of rotatable bonds is 1. The molecule has 2 aliphatic rings. The number of aliphatic hydroxyl groups excluding tert-OH is 1. The van der Waals surface area contributed by atoms with E-state index in [0.29, 0.717) is 5.41 Å². The molecule has 16 heavy (non-hydrogen) atoms. The Balaban J connectivity index is 2.28. The van der Waals surface area contributed by atoms with Crippen molar-refractivity contribution in [2.45, 2.75) is 59.5 Å². The van der Waals surface area contributed by atoms with Gasteiger partial charge in [0.05, 0.1) is 6.10 Å². The van der Waals surface area contributed by atoms with Crippen molar-refractivity contribution in [3.63, 3.8) is 0 Å². The SMILES string of the molecule is CC1=CC[C@@]2(C[C@H]1O)[C@@H](C)CC[C@H]2C(C)C. The molecule has 0 aromatic rings. The van der Waals surface area contributed by atoms with Crippen molar-refractivity contribution in [2.75, 3.05) is 0 Å². The van der Waals surface area contributed by atoms with Crippen LogP contribution in [0.3, 0.4) is 0 Å². The van der Waals surface area contributed by atoms with Crippen molar-refractivity contribution in [3.8, 4) is 0 Å². The van der Waals surface area contributed by atoms with E-state index in [1.807, 2.05) is 0 Å². The highest BCUT2D eigenvalue weighted by Crippen LogP contribution is 2.57. The van der Waals surface area contributed by atoms with E-state index < -0.39 is 0 Å². The highest BCUT2D eigenvalue weighted by molar-refractivity contribution is 5.16. The third kappa shape index (κ3) is 1.73. The van der Waals surface area contributed by atoms with E-state index >= 15 is 0 Å². The zero-order valence-corrected chi connectivity index (χ0v) is 11.2. The first-order valence-corrected chi connectivity index (χ1v) is 6.82. The molecule has 0 aliphatic heterocycles. The van der Waals surface area contributed by atoms with Gasteiger partial charge in [-0.3, -0.25) is 0 Å². The van der Waals surface area contributed by atoms with Gasteiger partial charge in [0.15, 0.2) is 0 Å². The molecule has 1 N–H and O–H groups in total. The van der Waals surface area contributed by atoms with Crippen molar-refractivity contribution in [1.82, 2.24) is 0 Å². The first-order chi connectivity index (χ1) is 7.47. The topological polar surface area (TPSA) is 20.2 Å². The van der Waals surface area contributed by atoms with E-state index in [2.05, 4.69) is 33.8 Å². The fourth-order valence-corrected chi connectivity index (χ4v) is 4.16. The van der Waals surface area contributed by atoms with Crippen molar-refractivity contribution in [3.05, 3.63) is 11.6 Å². The van der Waals surface area contributed by atoms with Gasteiger partial charge in [-0.1, -0.05) is 26.8 Å².